The summed E-state index contributed by atoms with van der Waals surface area (Å²) in [6.07, 6.45) is 5.25. The maximum absolute atomic E-state index is 12.4. The van der Waals surface area contributed by atoms with Crippen molar-refractivity contribution in [1.82, 2.24) is 20.4 Å². The molecule has 24 heavy (non-hydrogen) atoms. The average Bonchev–Trinajstić information content (AvgIpc) is 3.08. The van der Waals surface area contributed by atoms with Crippen LogP contribution in [0.3, 0.4) is 0 Å². The summed E-state index contributed by atoms with van der Waals surface area (Å²) in [6.45, 7) is 2.60. The number of hydrogen-bond acceptors (Lipinski definition) is 3. The second-order valence-corrected chi connectivity index (χ2v) is 6.67. The zero-order chi connectivity index (χ0) is 15.7. The first kappa shape index (κ1) is 17.0. The third-order valence-corrected chi connectivity index (χ3v) is 5.21. The second kappa shape index (κ2) is 6.95. The number of aromatic nitrogens is 2. The van der Waals surface area contributed by atoms with Gasteiger partial charge in [-0.3, -0.25) is 4.79 Å². The van der Waals surface area contributed by atoms with E-state index in [1.165, 1.54) is 0 Å². The first-order chi connectivity index (χ1) is 11.3. The zero-order valence-electron chi connectivity index (χ0n) is 13.6. The molecule has 0 radical (unpaired) electrons. The van der Waals surface area contributed by atoms with Crippen LogP contribution in [0, 0.1) is 11.3 Å². The molecule has 0 bridgehead atoms. The van der Waals surface area contributed by atoms with E-state index in [0.29, 0.717) is 12.0 Å². The normalized spacial score (nSPS) is 21.1. The lowest BCUT2D eigenvalue weighted by atomic mass is 9.92. The van der Waals surface area contributed by atoms with E-state index in [4.69, 9.17) is 0 Å². The van der Waals surface area contributed by atoms with Crippen LogP contribution >= 0.6 is 12.4 Å². The van der Waals surface area contributed by atoms with E-state index < -0.39 is 0 Å². The number of carbonyl (C=O) groups is 1. The lowest BCUT2D eigenvalue weighted by molar-refractivity contribution is -0.123. The van der Waals surface area contributed by atoms with Gasteiger partial charge in [0, 0.05) is 12.1 Å². The molecule has 1 saturated carbocycles. The van der Waals surface area contributed by atoms with Gasteiger partial charge in [-0.15, -0.1) is 12.4 Å². The average molecular weight is 347 g/mol. The smallest absolute Gasteiger partial charge is 0.224 e. The minimum Gasteiger partial charge on any atom is -0.350 e. The van der Waals surface area contributed by atoms with Crippen LogP contribution in [0.15, 0.2) is 42.6 Å². The van der Waals surface area contributed by atoms with Crippen LogP contribution < -0.4 is 10.6 Å². The van der Waals surface area contributed by atoms with Crippen molar-refractivity contribution in [1.29, 1.82) is 0 Å². The van der Waals surface area contributed by atoms with Gasteiger partial charge >= 0.3 is 0 Å². The zero-order valence-corrected chi connectivity index (χ0v) is 14.4. The molecule has 4 rings (SSSR count). The van der Waals surface area contributed by atoms with Gasteiger partial charge in [0.2, 0.25) is 5.91 Å². The van der Waals surface area contributed by atoms with Crippen LogP contribution in [0.5, 0.6) is 0 Å². The molecule has 1 aromatic carbocycles. The molecule has 6 heteroatoms. The fraction of sp³-hybridized carbons (Fsp3) is 0.444. The molecule has 2 aliphatic rings. The molecule has 1 saturated heterocycles. The molecule has 2 aromatic rings. The highest BCUT2D eigenvalue weighted by molar-refractivity contribution is 5.85. The molecule has 1 amide bonds. The van der Waals surface area contributed by atoms with Gasteiger partial charge in [0.05, 0.1) is 17.9 Å². The van der Waals surface area contributed by atoms with Crippen molar-refractivity contribution in [3.05, 3.63) is 48.3 Å². The highest BCUT2D eigenvalue weighted by Crippen LogP contribution is 2.58. The number of benzene rings is 1. The Balaban J connectivity index is 0.00000169. The van der Waals surface area contributed by atoms with Gasteiger partial charge in [-0.1, -0.05) is 18.2 Å². The number of rotatable bonds is 4. The molecular formula is C18H23ClN4O. The first-order valence-corrected chi connectivity index (χ1v) is 8.35. The van der Waals surface area contributed by atoms with Crippen molar-refractivity contribution in [3.63, 3.8) is 0 Å². The van der Waals surface area contributed by atoms with E-state index in [1.807, 2.05) is 47.3 Å². The summed E-state index contributed by atoms with van der Waals surface area (Å²) in [7, 11) is 0. The highest BCUT2D eigenvalue weighted by Gasteiger charge is 2.57. The molecular weight excluding hydrogens is 324 g/mol. The molecule has 1 atom stereocenters. The number of piperidine rings is 1. The van der Waals surface area contributed by atoms with Crippen LogP contribution in [-0.4, -0.2) is 28.8 Å². The van der Waals surface area contributed by atoms with E-state index in [2.05, 4.69) is 15.7 Å². The van der Waals surface area contributed by atoms with E-state index in [9.17, 15) is 4.79 Å². The second-order valence-electron chi connectivity index (χ2n) is 6.67. The first-order valence-electron chi connectivity index (χ1n) is 8.35. The summed E-state index contributed by atoms with van der Waals surface area (Å²) in [6, 6.07) is 12.0. The van der Waals surface area contributed by atoms with Crippen LogP contribution in [0.4, 0.5) is 0 Å². The van der Waals surface area contributed by atoms with Crippen molar-refractivity contribution in [2.24, 2.45) is 11.3 Å². The van der Waals surface area contributed by atoms with E-state index in [0.717, 1.165) is 43.7 Å². The quantitative estimate of drug-likeness (QED) is 0.893. The maximum atomic E-state index is 12.4. The van der Waals surface area contributed by atoms with Crippen LogP contribution in [0.2, 0.25) is 0 Å². The van der Waals surface area contributed by atoms with Gasteiger partial charge in [0.15, 0.2) is 0 Å². The molecule has 1 unspecified atom stereocenters. The van der Waals surface area contributed by atoms with Crippen molar-refractivity contribution in [2.45, 2.75) is 25.8 Å². The number of hydrogen-bond donors (Lipinski definition) is 2. The summed E-state index contributed by atoms with van der Waals surface area (Å²) < 4.78 is 1.84. The Morgan fingerprint density at radius 1 is 1.25 bits per heavy atom. The predicted molar refractivity (Wildman–Crippen MR) is 95.3 cm³/mol. The molecule has 1 aromatic heterocycles. The molecule has 1 aliphatic carbocycles. The Bertz CT molecular complexity index is 694. The lowest BCUT2D eigenvalue weighted by Gasteiger charge is -2.23. The van der Waals surface area contributed by atoms with Gasteiger partial charge < -0.3 is 10.6 Å². The Labute approximate surface area is 148 Å². The van der Waals surface area contributed by atoms with Gasteiger partial charge in [0.25, 0.3) is 0 Å². The van der Waals surface area contributed by atoms with Gasteiger partial charge in [-0.25, -0.2) is 4.68 Å². The fourth-order valence-corrected chi connectivity index (χ4v) is 3.68. The van der Waals surface area contributed by atoms with Crippen molar-refractivity contribution in [2.75, 3.05) is 13.1 Å². The molecule has 128 valence electrons. The summed E-state index contributed by atoms with van der Waals surface area (Å²) in [4.78, 5) is 12.4. The number of halogens is 1. The summed E-state index contributed by atoms with van der Waals surface area (Å²) in [5.74, 6) is 0.405. The number of carbonyl (C=O) groups excluding carboxylic acids is 1. The number of para-hydroxylation sites is 1. The minimum atomic E-state index is 0. The topological polar surface area (TPSA) is 59.0 Å². The molecule has 1 aliphatic heterocycles. The van der Waals surface area contributed by atoms with Crippen LogP contribution in [0.25, 0.3) is 5.69 Å². The number of nitrogens with zero attached hydrogens (tertiary/aromatic N) is 2. The van der Waals surface area contributed by atoms with E-state index >= 15 is 0 Å². The standard InChI is InChI=1S/C18H22N4O.ClH/c23-17(16-12-18(16)7-9-19-10-8-18)20-13-14-6-11-22(21-14)15-4-2-1-3-5-15;/h1-6,11,16,19H,7-10,12-13H2,(H,20,23);1H. The van der Waals surface area contributed by atoms with E-state index in [1.54, 1.807) is 0 Å². The molecule has 2 N–H and O–H groups in total. The number of nitrogens with one attached hydrogen (secondary N) is 2. The minimum absolute atomic E-state index is 0. The Kier molecular flexibility index (Phi) is 4.92. The van der Waals surface area contributed by atoms with Gasteiger partial charge in [-0.05, 0) is 56.0 Å². The number of amides is 1. The van der Waals surface area contributed by atoms with E-state index in [-0.39, 0.29) is 24.2 Å². The van der Waals surface area contributed by atoms with Crippen molar-refractivity contribution < 1.29 is 4.79 Å². The molecule has 5 nitrogen and oxygen atoms in total. The largest absolute Gasteiger partial charge is 0.350 e. The van der Waals surface area contributed by atoms with Crippen LogP contribution in [-0.2, 0) is 11.3 Å². The Morgan fingerprint density at radius 2 is 2.00 bits per heavy atom. The fourth-order valence-electron chi connectivity index (χ4n) is 3.68. The summed E-state index contributed by atoms with van der Waals surface area (Å²) >= 11 is 0. The third kappa shape index (κ3) is 3.32. The third-order valence-electron chi connectivity index (χ3n) is 5.21. The van der Waals surface area contributed by atoms with Crippen molar-refractivity contribution >= 4 is 18.3 Å². The Hall–Kier alpha value is -1.85. The predicted octanol–water partition coefficient (Wildman–Crippen LogP) is 2.30. The molecule has 2 fully saturated rings. The maximum Gasteiger partial charge on any atom is 0.224 e. The summed E-state index contributed by atoms with van der Waals surface area (Å²) in [5, 5.41) is 11.0. The Morgan fingerprint density at radius 3 is 2.75 bits per heavy atom. The van der Waals surface area contributed by atoms with Gasteiger partial charge in [-0.2, -0.15) is 5.10 Å². The lowest BCUT2D eigenvalue weighted by Crippen LogP contribution is -2.33. The molecule has 2 heterocycles. The van der Waals surface area contributed by atoms with Crippen LogP contribution in [0.1, 0.15) is 25.0 Å². The van der Waals surface area contributed by atoms with Crippen molar-refractivity contribution in [3.8, 4) is 5.69 Å². The van der Waals surface area contributed by atoms with Gasteiger partial charge in [0.1, 0.15) is 0 Å². The monoisotopic (exact) mass is 346 g/mol. The highest BCUT2D eigenvalue weighted by atomic mass is 35.5. The summed E-state index contributed by atoms with van der Waals surface area (Å²) in [5.41, 5.74) is 2.21. The molecule has 1 spiro atoms. The SMILES string of the molecule is Cl.O=C(NCc1ccn(-c2ccccc2)n1)C1CC12CCNCC2.